The molecule has 0 radical (unpaired) electrons. The molecule has 0 aliphatic heterocycles. The van der Waals surface area contributed by atoms with Gasteiger partial charge in [0.05, 0.1) is 10.8 Å². The van der Waals surface area contributed by atoms with Crippen molar-refractivity contribution in [3.63, 3.8) is 0 Å². The molecule has 0 bridgehead atoms. The molecular formula is C11H15ClFNOS. The normalized spacial score (nSPS) is 14.8. The van der Waals surface area contributed by atoms with Gasteiger partial charge in [-0.3, -0.25) is 4.21 Å². The van der Waals surface area contributed by atoms with E-state index in [4.69, 9.17) is 17.3 Å². The van der Waals surface area contributed by atoms with E-state index < -0.39 is 16.6 Å². The number of nitrogens with two attached hydrogens (primary N) is 1. The van der Waals surface area contributed by atoms with Crippen molar-refractivity contribution in [2.45, 2.75) is 24.3 Å². The highest BCUT2D eigenvalue weighted by molar-refractivity contribution is 7.84. The lowest BCUT2D eigenvalue weighted by atomic mass is 10.2. The van der Waals surface area contributed by atoms with Crippen LogP contribution in [-0.4, -0.2) is 16.0 Å². The molecule has 0 spiro atoms. The Hall–Kier alpha value is -0.450. The number of hydrogen-bond donors (Lipinski definition) is 1. The fourth-order valence-corrected chi connectivity index (χ4v) is 2.82. The van der Waals surface area contributed by atoms with Crippen molar-refractivity contribution in [1.29, 1.82) is 0 Å². The SMILES string of the molecule is CC(CCN)S(=O)Cc1cccc(F)c1Cl. The average molecular weight is 264 g/mol. The molecular weight excluding hydrogens is 249 g/mol. The molecule has 1 aromatic carbocycles. The molecule has 1 rings (SSSR count). The van der Waals surface area contributed by atoms with Crippen molar-refractivity contribution >= 4 is 22.4 Å². The van der Waals surface area contributed by atoms with Gasteiger partial charge in [0.15, 0.2) is 0 Å². The van der Waals surface area contributed by atoms with Gasteiger partial charge in [-0.05, 0) is 24.6 Å². The Morgan fingerprint density at radius 1 is 1.56 bits per heavy atom. The Balaban J connectivity index is 2.73. The number of benzene rings is 1. The summed E-state index contributed by atoms with van der Waals surface area (Å²) in [4.78, 5) is 0. The first kappa shape index (κ1) is 13.6. The maximum absolute atomic E-state index is 13.1. The molecule has 0 saturated carbocycles. The molecule has 2 atom stereocenters. The topological polar surface area (TPSA) is 43.1 Å². The van der Waals surface area contributed by atoms with E-state index >= 15 is 0 Å². The standard InChI is InChI=1S/C11H15ClFNOS/c1-8(5-6-14)16(15)7-9-3-2-4-10(13)11(9)12/h2-4,8H,5-7,14H2,1H3. The van der Waals surface area contributed by atoms with Crippen LogP contribution in [0.15, 0.2) is 18.2 Å². The van der Waals surface area contributed by atoms with Crippen LogP contribution in [0.2, 0.25) is 5.02 Å². The molecule has 0 amide bonds. The van der Waals surface area contributed by atoms with Crippen molar-refractivity contribution in [2.75, 3.05) is 6.54 Å². The van der Waals surface area contributed by atoms with E-state index in [1.807, 2.05) is 6.92 Å². The van der Waals surface area contributed by atoms with Crippen molar-refractivity contribution in [2.24, 2.45) is 5.73 Å². The van der Waals surface area contributed by atoms with Crippen molar-refractivity contribution in [3.8, 4) is 0 Å². The third-order valence-corrected chi connectivity index (χ3v) is 4.50. The summed E-state index contributed by atoms with van der Waals surface area (Å²) in [6, 6.07) is 4.55. The van der Waals surface area contributed by atoms with Crippen LogP contribution in [0.5, 0.6) is 0 Å². The van der Waals surface area contributed by atoms with Crippen molar-refractivity contribution in [1.82, 2.24) is 0 Å². The lowest BCUT2D eigenvalue weighted by molar-refractivity contribution is 0.626. The molecule has 0 aromatic heterocycles. The van der Waals surface area contributed by atoms with Gasteiger partial charge < -0.3 is 5.73 Å². The molecule has 0 aliphatic carbocycles. The zero-order chi connectivity index (χ0) is 12.1. The molecule has 16 heavy (non-hydrogen) atoms. The largest absolute Gasteiger partial charge is 0.330 e. The summed E-state index contributed by atoms with van der Waals surface area (Å²) >= 11 is 5.78. The van der Waals surface area contributed by atoms with Gasteiger partial charge in [0.1, 0.15) is 5.82 Å². The highest BCUT2D eigenvalue weighted by atomic mass is 35.5. The minimum Gasteiger partial charge on any atom is -0.330 e. The van der Waals surface area contributed by atoms with E-state index in [1.165, 1.54) is 6.07 Å². The van der Waals surface area contributed by atoms with Gasteiger partial charge in [-0.1, -0.05) is 30.7 Å². The van der Waals surface area contributed by atoms with Gasteiger partial charge in [0.25, 0.3) is 0 Å². The second kappa shape index (κ2) is 6.33. The van der Waals surface area contributed by atoms with Crippen LogP contribution < -0.4 is 5.73 Å². The Kier molecular flexibility index (Phi) is 5.38. The first-order valence-electron chi connectivity index (χ1n) is 5.06. The van der Waals surface area contributed by atoms with E-state index in [0.29, 0.717) is 18.5 Å². The number of rotatable bonds is 5. The maximum Gasteiger partial charge on any atom is 0.142 e. The summed E-state index contributed by atoms with van der Waals surface area (Å²) in [5.74, 6) is -0.194. The van der Waals surface area contributed by atoms with E-state index in [9.17, 15) is 8.60 Å². The van der Waals surface area contributed by atoms with E-state index in [2.05, 4.69) is 0 Å². The summed E-state index contributed by atoms with van der Waals surface area (Å²) in [5.41, 5.74) is 5.98. The summed E-state index contributed by atoms with van der Waals surface area (Å²) < 4.78 is 25.0. The third kappa shape index (κ3) is 3.54. The monoisotopic (exact) mass is 263 g/mol. The fraction of sp³-hybridized carbons (Fsp3) is 0.455. The summed E-state index contributed by atoms with van der Waals surface area (Å²) in [6.45, 7) is 2.37. The molecule has 0 fully saturated rings. The maximum atomic E-state index is 13.1. The van der Waals surface area contributed by atoms with Crippen LogP contribution in [0.3, 0.4) is 0 Å². The zero-order valence-electron chi connectivity index (χ0n) is 9.08. The van der Waals surface area contributed by atoms with Crippen LogP contribution in [0.1, 0.15) is 18.9 Å². The predicted octanol–water partition coefficient (Wildman–Crippen LogP) is 2.47. The molecule has 0 heterocycles. The van der Waals surface area contributed by atoms with E-state index in [0.717, 1.165) is 0 Å². The van der Waals surface area contributed by atoms with Gasteiger partial charge in [-0.15, -0.1) is 0 Å². The molecule has 1 aromatic rings. The first-order chi connectivity index (χ1) is 7.56. The van der Waals surface area contributed by atoms with Crippen LogP contribution in [0, 0.1) is 5.82 Å². The summed E-state index contributed by atoms with van der Waals surface area (Å²) in [6.07, 6.45) is 0.694. The second-order valence-electron chi connectivity index (χ2n) is 3.63. The quantitative estimate of drug-likeness (QED) is 0.887. The Morgan fingerprint density at radius 2 is 2.25 bits per heavy atom. The lowest BCUT2D eigenvalue weighted by Crippen LogP contribution is -2.17. The van der Waals surface area contributed by atoms with Crippen LogP contribution >= 0.6 is 11.6 Å². The molecule has 0 saturated heterocycles. The number of hydrogen-bond acceptors (Lipinski definition) is 2. The van der Waals surface area contributed by atoms with E-state index in [-0.39, 0.29) is 16.0 Å². The molecule has 0 aliphatic rings. The summed E-state index contributed by atoms with van der Waals surface area (Å²) in [7, 11) is -1.07. The summed E-state index contributed by atoms with van der Waals surface area (Å²) in [5, 5.41) is 0.0696. The fourth-order valence-electron chi connectivity index (χ4n) is 1.32. The van der Waals surface area contributed by atoms with Crippen molar-refractivity contribution in [3.05, 3.63) is 34.6 Å². The van der Waals surface area contributed by atoms with Gasteiger partial charge in [0, 0.05) is 16.0 Å². The molecule has 2 unspecified atom stereocenters. The predicted molar refractivity (Wildman–Crippen MR) is 66.4 cm³/mol. The van der Waals surface area contributed by atoms with Crippen LogP contribution in [0.25, 0.3) is 0 Å². The first-order valence-corrected chi connectivity index (χ1v) is 6.82. The molecule has 90 valence electrons. The minimum atomic E-state index is -1.07. The molecule has 2 nitrogen and oxygen atoms in total. The lowest BCUT2D eigenvalue weighted by Gasteiger charge is -2.11. The second-order valence-corrected chi connectivity index (χ2v) is 5.86. The Labute approximate surface area is 102 Å². The Bertz CT molecular complexity index is 386. The molecule has 2 N–H and O–H groups in total. The van der Waals surface area contributed by atoms with Gasteiger partial charge in [-0.2, -0.15) is 0 Å². The highest BCUT2D eigenvalue weighted by Gasteiger charge is 2.14. The van der Waals surface area contributed by atoms with Crippen molar-refractivity contribution < 1.29 is 8.60 Å². The van der Waals surface area contributed by atoms with Crippen LogP contribution in [0.4, 0.5) is 4.39 Å². The number of halogens is 2. The smallest absolute Gasteiger partial charge is 0.142 e. The van der Waals surface area contributed by atoms with Crippen LogP contribution in [-0.2, 0) is 16.6 Å². The van der Waals surface area contributed by atoms with Gasteiger partial charge in [-0.25, -0.2) is 4.39 Å². The molecule has 5 heteroatoms. The third-order valence-electron chi connectivity index (χ3n) is 2.35. The zero-order valence-corrected chi connectivity index (χ0v) is 10.7. The van der Waals surface area contributed by atoms with Gasteiger partial charge >= 0.3 is 0 Å². The Morgan fingerprint density at radius 3 is 2.88 bits per heavy atom. The highest BCUT2D eigenvalue weighted by Crippen LogP contribution is 2.22. The average Bonchev–Trinajstić information content (AvgIpc) is 2.25. The minimum absolute atomic E-state index is 0.00401. The van der Waals surface area contributed by atoms with Gasteiger partial charge in [0.2, 0.25) is 0 Å². The van der Waals surface area contributed by atoms with E-state index in [1.54, 1.807) is 12.1 Å².